The standard InChI is InChI=1S/2C12H25.2C6H15N2O.Sn/c2*1-3-5-7-9-11-12-10-8-6-4-2;2*7-4-2-1-3-6(8)5-9;/h2*1,3-12H2,2H3;2*6H,1-5,7-8H2;/q;;2*-1;+2/t;;2*6-;/m..00./s1. The van der Waals surface area contributed by atoms with Crippen LogP contribution in [-0.4, -0.2) is 57.6 Å². The molecule has 0 aliphatic carbocycles. The van der Waals surface area contributed by atoms with Crippen LogP contribution in [0.4, 0.5) is 0 Å². The minimum atomic E-state index is -3.35. The second kappa shape index (κ2) is 33.9. The molecule has 0 aromatic carbocycles. The van der Waals surface area contributed by atoms with Crippen LogP contribution >= 0.6 is 0 Å². The zero-order valence-electron chi connectivity index (χ0n) is 29.4. The molecule has 0 unspecified atom stereocenters. The van der Waals surface area contributed by atoms with Crippen molar-refractivity contribution in [3.63, 3.8) is 0 Å². The van der Waals surface area contributed by atoms with E-state index in [1.54, 1.807) is 0 Å². The molecule has 0 aliphatic heterocycles. The number of hydrogen-bond acceptors (Lipinski definition) is 6. The van der Waals surface area contributed by atoms with Gasteiger partial charge in [-0.05, 0) is 0 Å². The van der Waals surface area contributed by atoms with Gasteiger partial charge in [-0.1, -0.05) is 0 Å². The first-order chi connectivity index (χ1) is 21.0. The molecule has 0 rings (SSSR count). The number of hydrogen-bond donors (Lipinski definition) is 4. The molecular formula is C36H80N4O2Sn. The molecule has 0 aromatic rings. The van der Waals surface area contributed by atoms with Crippen molar-refractivity contribution >= 4 is 19.2 Å². The van der Waals surface area contributed by atoms with Gasteiger partial charge < -0.3 is 0 Å². The van der Waals surface area contributed by atoms with Gasteiger partial charge in [0.15, 0.2) is 0 Å². The fraction of sp³-hybridized carbons (Fsp3) is 1.00. The van der Waals surface area contributed by atoms with E-state index in [9.17, 15) is 0 Å². The third-order valence-corrected chi connectivity index (χ3v) is 19.3. The average Bonchev–Trinajstić information content (AvgIpc) is 3.01. The van der Waals surface area contributed by atoms with Crippen LogP contribution in [0, 0.1) is 0 Å². The van der Waals surface area contributed by atoms with Crippen molar-refractivity contribution < 1.29 is 6.15 Å². The van der Waals surface area contributed by atoms with E-state index in [0.717, 1.165) is 60.5 Å². The fourth-order valence-corrected chi connectivity index (χ4v) is 16.1. The van der Waals surface area contributed by atoms with Gasteiger partial charge >= 0.3 is 276 Å². The van der Waals surface area contributed by atoms with Gasteiger partial charge in [0.25, 0.3) is 0 Å². The van der Waals surface area contributed by atoms with E-state index in [0.29, 0.717) is 13.2 Å². The van der Waals surface area contributed by atoms with E-state index in [2.05, 4.69) is 13.8 Å². The van der Waals surface area contributed by atoms with Crippen LogP contribution in [0.25, 0.3) is 0 Å². The maximum atomic E-state index is 6.92. The molecule has 0 saturated carbocycles. The minimum absolute atomic E-state index is 0.0740. The van der Waals surface area contributed by atoms with E-state index in [4.69, 9.17) is 29.1 Å². The van der Waals surface area contributed by atoms with Crippen LogP contribution in [0.15, 0.2) is 0 Å². The van der Waals surface area contributed by atoms with Gasteiger partial charge in [-0.3, -0.25) is 0 Å². The van der Waals surface area contributed by atoms with Gasteiger partial charge in [0, 0.05) is 0 Å². The average molecular weight is 720 g/mol. The van der Waals surface area contributed by atoms with Crippen LogP contribution in [0.5, 0.6) is 0 Å². The van der Waals surface area contributed by atoms with Gasteiger partial charge in [-0.25, -0.2) is 0 Å². The molecular weight excluding hydrogens is 639 g/mol. The van der Waals surface area contributed by atoms with Crippen molar-refractivity contribution in [1.29, 1.82) is 0 Å². The van der Waals surface area contributed by atoms with E-state index in [-0.39, 0.29) is 12.1 Å². The SMILES string of the molecule is CCCCCCCCCCC[CH2][Sn]([CH2]CCCCCCCCCCC)([O]C[C@@H](N)CCCCN)[O]C[C@@H](N)CCCCN. The van der Waals surface area contributed by atoms with Gasteiger partial charge in [-0.15, -0.1) is 0 Å². The second-order valence-electron chi connectivity index (χ2n) is 13.5. The van der Waals surface area contributed by atoms with Crippen molar-refractivity contribution in [1.82, 2.24) is 0 Å². The molecule has 0 aromatic heterocycles. The molecule has 260 valence electrons. The van der Waals surface area contributed by atoms with Crippen molar-refractivity contribution in [3.05, 3.63) is 0 Å². The quantitative estimate of drug-likeness (QED) is 0.0378. The third kappa shape index (κ3) is 29.7. The van der Waals surface area contributed by atoms with Crippen molar-refractivity contribution in [2.75, 3.05) is 26.3 Å². The third-order valence-electron chi connectivity index (χ3n) is 9.00. The predicted molar refractivity (Wildman–Crippen MR) is 193 cm³/mol. The second-order valence-corrected chi connectivity index (χ2v) is 23.2. The first kappa shape index (κ1) is 43.6. The van der Waals surface area contributed by atoms with Gasteiger partial charge in [0.1, 0.15) is 0 Å². The Balaban J connectivity index is 4.99. The molecule has 8 N–H and O–H groups in total. The van der Waals surface area contributed by atoms with Crippen LogP contribution in [-0.2, 0) is 6.15 Å². The molecule has 0 aliphatic rings. The van der Waals surface area contributed by atoms with Crippen LogP contribution in [0.2, 0.25) is 8.87 Å². The molecule has 0 spiro atoms. The summed E-state index contributed by atoms with van der Waals surface area (Å²) < 4.78 is 16.1. The zero-order chi connectivity index (χ0) is 31.7. The topological polar surface area (TPSA) is 123 Å². The summed E-state index contributed by atoms with van der Waals surface area (Å²) in [7, 11) is 0. The summed E-state index contributed by atoms with van der Waals surface area (Å²) >= 11 is -3.35. The normalized spacial score (nSPS) is 13.5. The first-order valence-electron chi connectivity index (χ1n) is 19.2. The van der Waals surface area contributed by atoms with Crippen molar-refractivity contribution in [2.45, 2.75) is 202 Å². The van der Waals surface area contributed by atoms with E-state index < -0.39 is 19.2 Å². The van der Waals surface area contributed by atoms with Crippen LogP contribution in [0.3, 0.4) is 0 Å². The maximum absolute atomic E-state index is 6.92. The number of rotatable bonds is 36. The molecule has 0 bridgehead atoms. The number of unbranched alkanes of at least 4 members (excludes halogenated alkanes) is 20. The van der Waals surface area contributed by atoms with Crippen LogP contribution in [0.1, 0.15) is 181 Å². The molecule has 0 radical (unpaired) electrons. The van der Waals surface area contributed by atoms with E-state index in [1.165, 1.54) is 128 Å². The van der Waals surface area contributed by atoms with Crippen molar-refractivity contribution in [3.8, 4) is 0 Å². The van der Waals surface area contributed by atoms with Gasteiger partial charge in [-0.2, -0.15) is 0 Å². The Kier molecular flexibility index (Phi) is 34.3. The summed E-state index contributed by atoms with van der Waals surface area (Å²) in [6.07, 6.45) is 33.3. The summed E-state index contributed by atoms with van der Waals surface area (Å²) in [5, 5.41) is 0. The van der Waals surface area contributed by atoms with Crippen LogP contribution < -0.4 is 22.9 Å². The van der Waals surface area contributed by atoms with Crippen molar-refractivity contribution in [2.24, 2.45) is 22.9 Å². The molecule has 7 heteroatoms. The van der Waals surface area contributed by atoms with Gasteiger partial charge in [0.05, 0.1) is 0 Å². The Labute approximate surface area is 275 Å². The molecule has 0 saturated heterocycles. The molecule has 0 heterocycles. The molecule has 6 nitrogen and oxygen atoms in total. The molecule has 0 fully saturated rings. The summed E-state index contributed by atoms with van der Waals surface area (Å²) in [5.74, 6) is 0. The summed E-state index contributed by atoms with van der Waals surface area (Å²) in [5.41, 5.74) is 24.5. The molecule has 0 amide bonds. The Hall–Kier alpha value is 0.559. The monoisotopic (exact) mass is 721 g/mol. The molecule has 43 heavy (non-hydrogen) atoms. The van der Waals surface area contributed by atoms with E-state index >= 15 is 0 Å². The summed E-state index contributed by atoms with van der Waals surface area (Å²) in [4.78, 5) is 0. The fourth-order valence-electron chi connectivity index (χ4n) is 6.01. The predicted octanol–water partition coefficient (Wildman–Crippen LogP) is 9.22. The Bertz CT molecular complexity index is 497. The van der Waals surface area contributed by atoms with E-state index in [1.807, 2.05) is 0 Å². The Morgan fingerprint density at radius 2 is 0.721 bits per heavy atom. The zero-order valence-corrected chi connectivity index (χ0v) is 32.3. The first-order valence-corrected chi connectivity index (χ1v) is 25.6. The Morgan fingerprint density at radius 3 is 1.02 bits per heavy atom. The van der Waals surface area contributed by atoms with Gasteiger partial charge in [0.2, 0.25) is 0 Å². The number of nitrogens with two attached hydrogens (primary N) is 4. The summed E-state index contributed by atoms with van der Waals surface area (Å²) in [6.45, 7) is 7.33. The molecule has 2 atom stereocenters. The summed E-state index contributed by atoms with van der Waals surface area (Å²) in [6, 6.07) is 0.148. The Morgan fingerprint density at radius 1 is 0.419 bits per heavy atom.